The summed E-state index contributed by atoms with van der Waals surface area (Å²) in [6.45, 7) is 0. The van der Waals surface area contributed by atoms with Gasteiger partial charge in [0.1, 0.15) is 5.75 Å². The van der Waals surface area contributed by atoms with Crippen LogP contribution in [0.2, 0.25) is 0 Å². The van der Waals surface area contributed by atoms with E-state index in [1.54, 1.807) is 31.8 Å². The van der Waals surface area contributed by atoms with Crippen LogP contribution < -0.4 is 10.2 Å². The van der Waals surface area contributed by atoms with E-state index < -0.39 is 0 Å². The van der Waals surface area contributed by atoms with E-state index in [4.69, 9.17) is 4.74 Å². The molecular formula is C14H13N5O2. The summed E-state index contributed by atoms with van der Waals surface area (Å²) in [5, 5.41) is 9.40. The molecule has 0 amide bonds. The molecule has 0 aliphatic carbocycles. The number of imidazole rings is 1. The van der Waals surface area contributed by atoms with Gasteiger partial charge < -0.3 is 9.72 Å². The minimum atomic E-state index is 0.292. The van der Waals surface area contributed by atoms with Gasteiger partial charge in [0, 0.05) is 17.8 Å². The van der Waals surface area contributed by atoms with Crippen molar-refractivity contribution in [3.05, 3.63) is 48.4 Å². The molecule has 0 atom stereocenters. The zero-order valence-corrected chi connectivity index (χ0v) is 11.2. The van der Waals surface area contributed by atoms with Crippen molar-refractivity contribution in [2.75, 3.05) is 7.11 Å². The number of aliphatic imine (C=N–C) groups is 1. The van der Waals surface area contributed by atoms with Crippen molar-refractivity contribution in [2.45, 2.75) is 0 Å². The monoisotopic (exact) mass is 283 g/mol. The molecule has 0 radical (unpaired) electrons. The Morgan fingerprint density at radius 1 is 1.33 bits per heavy atom. The highest BCUT2D eigenvalue weighted by Gasteiger charge is 2.10. The summed E-state index contributed by atoms with van der Waals surface area (Å²) in [6, 6.07) is 8.96. The number of nitrogens with one attached hydrogen (secondary N) is 2. The molecule has 3 rings (SSSR count). The molecule has 2 aromatic heterocycles. The number of hydrogen-bond donors (Lipinski definition) is 3. The summed E-state index contributed by atoms with van der Waals surface area (Å²) in [6.07, 6.45) is 3.15. The van der Waals surface area contributed by atoms with Gasteiger partial charge in [-0.15, -0.1) is 0 Å². The summed E-state index contributed by atoms with van der Waals surface area (Å²) in [7, 11) is 1.59. The molecule has 106 valence electrons. The number of benzene rings is 1. The normalized spacial score (nSPS) is 11.6. The average Bonchev–Trinajstić information content (AvgIpc) is 3.01. The van der Waals surface area contributed by atoms with Crippen LogP contribution in [0.5, 0.6) is 5.75 Å². The van der Waals surface area contributed by atoms with E-state index in [9.17, 15) is 5.21 Å². The molecule has 0 saturated carbocycles. The van der Waals surface area contributed by atoms with Gasteiger partial charge in [-0.05, 0) is 18.2 Å². The predicted molar refractivity (Wildman–Crippen MR) is 78.0 cm³/mol. The van der Waals surface area contributed by atoms with Gasteiger partial charge in [0.15, 0.2) is 11.5 Å². The third-order valence-corrected chi connectivity index (χ3v) is 2.98. The summed E-state index contributed by atoms with van der Waals surface area (Å²) in [5.41, 5.74) is 4.69. The van der Waals surface area contributed by atoms with E-state index in [0.29, 0.717) is 34.0 Å². The lowest BCUT2D eigenvalue weighted by Crippen LogP contribution is -2.20. The fourth-order valence-electron chi connectivity index (χ4n) is 2.00. The molecule has 1 aromatic carbocycles. The fourth-order valence-corrected chi connectivity index (χ4v) is 2.00. The zero-order valence-electron chi connectivity index (χ0n) is 11.2. The third kappa shape index (κ3) is 2.54. The Morgan fingerprint density at radius 3 is 3.05 bits per heavy atom. The molecule has 0 spiro atoms. The van der Waals surface area contributed by atoms with Crippen LogP contribution in [0, 0.1) is 0 Å². The molecule has 21 heavy (non-hydrogen) atoms. The highest BCUT2D eigenvalue weighted by atomic mass is 16.5. The Bertz CT molecular complexity index is 797. The van der Waals surface area contributed by atoms with Crippen LogP contribution in [0.1, 0.15) is 5.56 Å². The standard InChI is InChI=1S/C14H13N5O2/c1-21-10-4-2-3-9(7-10)18-13(19-20)11-5-6-15-14-12(11)16-8-17-14/h2-8,20H,1H3,(H,18,19)(H,15,16,17). The molecule has 7 heteroatoms. The number of rotatable bonds is 3. The first-order chi connectivity index (χ1) is 10.3. The van der Waals surface area contributed by atoms with E-state index in [2.05, 4.69) is 25.4 Å². The lowest BCUT2D eigenvalue weighted by atomic mass is 10.2. The van der Waals surface area contributed by atoms with Crippen LogP contribution >= 0.6 is 0 Å². The second-order valence-corrected chi connectivity index (χ2v) is 4.23. The second-order valence-electron chi connectivity index (χ2n) is 4.23. The minimum absolute atomic E-state index is 0.292. The van der Waals surface area contributed by atoms with Crippen LogP contribution in [0.25, 0.3) is 11.2 Å². The van der Waals surface area contributed by atoms with Crippen LogP contribution in [-0.4, -0.2) is 33.1 Å². The number of fused-ring (bicyclic) bond motifs is 1. The highest BCUT2D eigenvalue weighted by molar-refractivity contribution is 6.07. The van der Waals surface area contributed by atoms with Crippen LogP contribution in [-0.2, 0) is 0 Å². The number of aromatic nitrogens is 3. The number of pyridine rings is 1. The van der Waals surface area contributed by atoms with Crippen molar-refractivity contribution in [1.82, 2.24) is 20.4 Å². The number of nitrogens with zero attached hydrogens (tertiary/aromatic N) is 3. The van der Waals surface area contributed by atoms with Gasteiger partial charge in [-0.1, -0.05) is 6.07 Å². The molecule has 7 nitrogen and oxygen atoms in total. The van der Waals surface area contributed by atoms with E-state index in [-0.39, 0.29) is 0 Å². The topological polar surface area (TPSA) is 95.4 Å². The van der Waals surface area contributed by atoms with Gasteiger partial charge in [0.25, 0.3) is 0 Å². The van der Waals surface area contributed by atoms with Crippen molar-refractivity contribution in [2.24, 2.45) is 4.99 Å². The molecule has 3 N–H and O–H groups in total. The number of hydrogen-bond acceptors (Lipinski definition) is 5. The summed E-state index contributed by atoms with van der Waals surface area (Å²) >= 11 is 0. The van der Waals surface area contributed by atoms with E-state index in [1.807, 2.05) is 18.2 Å². The van der Waals surface area contributed by atoms with E-state index in [0.717, 1.165) is 0 Å². The molecule has 0 aliphatic rings. The highest BCUT2D eigenvalue weighted by Crippen LogP contribution is 2.21. The first kappa shape index (κ1) is 13.1. The first-order valence-electron chi connectivity index (χ1n) is 6.23. The number of aromatic amines is 1. The third-order valence-electron chi connectivity index (χ3n) is 2.98. The minimum Gasteiger partial charge on any atom is -0.497 e. The van der Waals surface area contributed by atoms with Crippen LogP contribution in [0.4, 0.5) is 5.69 Å². The largest absolute Gasteiger partial charge is 0.497 e. The molecule has 0 saturated heterocycles. The van der Waals surface area contributed by atoms with Crippen LogP contribution in [0.15, 0.2) is 47.8 Å². The Balaban J connectivity index is 2.08. The zero-order chi connectivity index (χ0) is 14.7. The van der Waals surface area contributed by atoms with E-state index >= 15 is 0 Å². The number of H-pyrrole nitrogens is 1. The van der Waals surface area contributed by atoms with E-state index in [1.165, 1.54) is 0 Å². The SMILES string of the molecule is COc1cccc(N=C(NO)c2ccnc3nc[nH]c23)c1. The maximum absolute atomic E-state index is 9.40. The number of amidine groups is 1. The smallest absolute Gasteiger partial charge is 0.178 e. The van der Waals surface area contributed by atoms with Gasteiger partial charge in [-0.3, -0.25) is 10.7 Å². The maximum atomic E-state index is 9.40. The molecular weight excluding hydrogens is 270 g/mol. The predicted octanol–water partition coefficient (Wildman–Crippen LogP) is 2.02. The summed E-state index contributed by atoms with van der Waals surface area (Å²) < 4.78 is 5.16. The Kier molecular flexibility index (Phi) is 3.48. The molecule has 2 heterocycles. The van der Waals surface area contributed by atoms with Gasteiger partial charge in [0.2, 0.25) is 0 Å². The lowest BCUT2D eigenvalue weighted by Gasteiger charge is -2.06. The number of hydroxylamine groups is 1. The Morgan fingerprint density at radius 2 is 2.24 bits per heavy atom. The van der Waals surface area contributed by atoms with Gasteiger partial charge in [0.05, 0.1) is 24.6 Å². The van der Waals surface area contributed by atoms with Crippen molar-refractivity contribution < 1.29 is 9.94 Å². The number of ether oxygens (including phenoxy) is 1. The average molecular weight is 283 g/mol. The summed E-state index contributed by atoms with van der Waals surface area (Å²) in [5.74, 6) is 0.981. The second kappa shape index (κ2) is 5.59. The molecule has 0 bridgehead atoms. The molecule has 0 unspecified atom stereocenters. The fraction of sp³-hybridized carbons (Fsp3) is 0.0714. The van der Waals surface area contributed by atoms with Gasteiger partial charge in [-0.2, -0.15) is 0 Å². The molecule has 0 aliphatic heterocycles. The quantitative estimate of drug-likeness (QED) is 0.388. The molecule has 0 fully saturated rings. The van der Waals surface area contributed by atoms with Crippen molar-refractivity contribution in [3.8, 4) is 5.75 Å². The van der Waals surface area contributed by atoms with Gasteiger partial charge >= 0.3 is 0 Å². The lowest BCUT2D eigenvalue weighted by molar-refractivity contribution is 0.235. The van der Waals surface area contributed by atoms with Crippen molar-refractivity contribution in [3.63, 3.8) is 0 Å². The first-order valence-corrected chi connectivity index (χ1v) is 6.23. The molecule has 3 aromatic rings. The maximum Gasteiger partial charge on any atom is 0.178 e. The van der Waals surface area contributed by atoms with Crippen molar-refractivity contribution in [1.29, 1.82) is 0 Å². The number of methoxy groups -OCH3 is 1. The van der Waals surface area contributed by atoms with Gasteiger partial charge in [-0.25, -0.2) is 15.0 Å². The van der Waals surface area contributed by atoms with Crippen molar-refractivity contribution >= 4 is 22.7 Å². The Labute approximate surface area is 120 Å². The van der Waals surface area contributed by atoms with Crippen LogP contribution in [0.3, 0.4) is 0 Å². The Hall–Kier alpha value is -2.93. The summed E-state index contributed by atoms with van der Waals surface area (Å²) in [4.78, 5) is 15.6.